The van der Waals surface area contributed by atoms with Crippen LogP contribution in [-0.4, -0.2) is 23.9 Å². The topological polar surface area (TPSA) is 91.6 Å². The molecule has 0 aliphatic rings. The van der Waals surface area contributed by atoms with Crippen LogP contribution >= 0.6 is 28.4 Å². The number of nitrogens with two attached hydrogens (primary N) is 1. The smallest absolute Gasteiger partial charge is 0.274 e. The van der Waals surface area contributed by atoms with Crippen molar-refractivity contribution in [1.82, 2.24) is 23.9 Å². The lowest BCUT2D eigenvalue weighted by Crippen LogP contribution is -2.23. The van der Waals surface area contributed by atoms with Crippen molar-refractivity contribution in [3.05, 3.63) is 46.5 Å². The fourth-order valence-electron chi connectivity index (χ4n) is 2.62. The Bertz CT molecular complexity index is 953. The van der Waals surface area contributed by atoms with E-state index in [4.69, 9.17) is 10.7 Å². The number of imidazole rings is 1. The van der Waals surface area contributed by atoms with Crippen molar-refractivity contribution in [2.45, 2.75) is 47.1 Å². The first-order chi connectivity index (χ1) is 13.0. The quantitative estimate of drug-likeness (QED) is 0.408. The number of aromatic nitrogens is 5. The van der Waals surface area contributed by atoms with Gasteiger partial charge in [0.15, 0.2) is 5.65 Å². The zero-order chi connectivity index (χ0) is 20.0. The summed E-state index contributed by atoms with van der Waals surface area (Å²) in [5, 5.41) is 0. The van der Waals surface area contributed by atoms with Gasteiger partial charge >= 0.3 is 0 Å². The number of nitrogens with zero attached hydrogens (tertiary/aromatic N) is 5. The zero-order valence-corrected chi connectivity index (χ0v) is 19.3. The van der Waals surface area contributed by atoms with Crippen molar-refractivity contribution in [2.24, 2.45) is 5.92 Å². The number of halogens is 1. The van der Waals surface area contributed by atoms with E-state index in [-0.39, 0.29) is 11.2 Å². The molecule has 1 atom stereocenters. The standard InChI is InChI=1S/C16H20IN6OP.C2H6/c1-10(2)5-6-12-14-15(20-9-19-12)23(25-17)13(21-14)8-22-7-3-4-11(18)16(22)24;1-2/h3-4,7,9-10,25H,5-6,8,18H2,1-2H3;1-2H3. The lowest BCUT2D eigenvalue weighted by molar-refractivity contribution is 0.582. The molecule has 0 radical (unpaired) electrons. The molecule has 27 heavy (non-hydrogen) atoms. The molecule has 0 bridgehead atoms. The van der Waals surface area contributed by atoms with Gasteiger partial charge in [-0.3, -0.25) is 9.13 Å². The Morgan fingerprint density at radius 1 is 1.30 bits per heavy atom. The van der Waals surface area contributed by atoms with E-state index in [0.717, 1.165) is 35.5 Å². The van der Waals surface area contributed by atoms with Crippen molar-refractivity contribution in [1.29, 1.82) is 0 Å². The molecule has 1 unspecified atom stereocenters. The second kappa shape index (κ2) is 10.1. The van der Waals surface area contributed by atoms with Crippen molar-refractivity contribution in [3.8, 4) is 0 Å². The second-order valence-electron chi connectivity index (χ2n) is 6.27. The van der Waals surface area contributed by atoms with E-state index in [1.807, 2.05) is 18.2 Å². The average Bonchev–Trinajstić information content (AvgIpc) is 3.03. The minimum absolute atomic E-state index is 0.205. The van der Waals surface area contributed by atoms with Crippen LogP contribution in [0, 0.1) is 5.92 Å². The fraction of sp³-hybridized carbons (Fsp3) is 0.444. The summed E-state index contributed by atoms with van der Waals surface area (Å²) >= 11 is 2.30. The molecule has 0 amide bonds. The van der Waals surface area contributed by atoms with E-state index in [1.54, 1.807) is 29.2 Å². The summed E-state index contributed by atoms with van der Waals surface area (Å²) in [5.41, 5.74) is 8.39. The van der Waals surface area contributed by atoms with Crippen LogP contribution in [0.15, 0.2) is 29.5 Å². The molecule has 3 aromatic rings. The minimum atomic E-state index is -0.205. The molecule has 3 heterocycles. The number of nitrogen functional groups attached to an aromatic ring is 1. The molecule has 7 nitrogen and oxygen atoms in total. The third-order valence-electron chi connectivity index (χ3n) is 3.99. The lowest BCUT2D eigenvalue weighted by atomic mass is 10.1. The molecule has 0 saturated heterocycles. The molecule has 0 aliphatic heterocycles. The second-order valence-corrected chi connectivity index (χ2v) is 8.33. The third kappa shape index (κ3) is 5.04. The molecule has 0 saturated carbocycles. The van der Waals surface area contributed by atoms with E-state index in [2.05, 4.69) is 45.9 Å². The monoisotopic (exact) mass is 500 g/mol. The largest absolute Gasteiger partial charge is 0.394 e. The first kappa shape index (κ1) is 21.8. The average molecular weight is 500 g/mol. The molecule has 0 aliphatic carbocycles. The number of fused-ring (bicyclic) bond motifs is 1. The Hall–Kier alpha value is -1.54. The van der Waals surface area contributed by atoms with Crippen molar-refractivity contribution >= 4 is 45.3 Å². The fourth-order valence-corrected chi connectivity index (χ4v) is 4.60. The maximum absolute atomic E-state index is 12.2. The van der Waals surface area contributed by atoms with Gasteiger partial charge in [-0.15, -0.1) is 0 Å². The van der Waals surface area contributed by atoms with E-state index in [0.29, 0.717) is 18.8 Å². The van der Waals surface area contributed by atoms with Crippen molar-refractivity contribution in [2.75, 3.05) is 5.73 Å². The molecular formula is C18H26IN6OP. The van der Waals surface area contributed by atoms with Gasteiger partial charge in [-0.25, -0.2) is 15.0 Å². The highest BCUT2D eigenvalue weighted by atomic mass is 127. The first-order valence-electron chi connectivity index (χ1n) is 9.04. The Labute approximate surface area is 174 Å². The number of rotatable bonds is 6. The van der Waals surface area contributed by atoms with Gasteiger partial charge in [0.2, 0.25) is 0 Å². The van der Waals surface area contributed by atoms with Gasteiger partial charge in [0.25, 0.3) is 5.56 Å². The van der Waals surface area contributed by atoms with Gasteiger partial charge in [0.1, 0.15) is 17.7 Å². The summed E-state index contributed by atoms with van der Waals surface area (Å²) in [5.74, 6) is 1.39. The van der Waals surface area contributed by atoms with Crippen LogP contribution in [-0.2, 0) is 13.0 Å². The van der Waals surface area contributed by atoms with E-state index in [9.17, 15) is 4.79 Å². The first-order valence-corrected chi connectivity index (χ1v) is 13.1. The van der Waals surface area contributed by atoms with Crippen molar-refractivity contribution < 1.29 is 0 Å². The van der Waals surface area contributed by atoms with E-state index >= 15 is 0 Å². The van der Waals surface area contributed by atoms with Gasteiger partial charge in [-0.05, 0) is 52.9 Å². The summed E-state index contributed by atoms with van der Waals surface area (Å²) < 4.78 is 3.62. The molecule has 9 heteroatoms. The summed E-state index contributed by atoms with van der Waals surface area (Å²) in [7, 11) is 0. The number of anilines is 1. The molecule has 3 aromatic heterocycles. The maximum atomic E-state index is 12.2. The highest BCUT2D eigenvalue weighted by molar-refractivity contribution is 14.2. The summed E-state index contributed by atoms with van der Waals surface area (Å²) in [6.45, 7) is 8.75. The predicted octanol–water partition coefficient (Wildman–Crippen LogP) is 4.02. The summed E-state index contributed by atoms with van der Waals surface area (Å²) in [6, 6.07) is 3.38. The molecule has 2 N–H and O–H groups in total. The molecular weight excluding hydrogens is 474 g/mol. The Morgan fingerprint density at radius 2 is 2.04 bits per heavy atom. The molecule has 3 rings (SSSR count). The molecule has 0 fully saturated rings. The van der Waals surface area contributed by atoms with Gasteiger partial charge in [-0.1, -0.05) is 27.7 Å². The normalized spacial score (nSPS) is 11.3. The van der Waals surface area contributed by atoms with E-state index in [1.165, 1.54) is 0 Å². The molecule has 146 valence electrons. The minimum Gasteiger partial charge on any atom is -0.394 e. The van der Waals surface area contributed by atoms with Crippen LogP contribution in [0.2, 0.25) is 0 Å². The number of hydrogen-bond donors (Lipinski definition) is 1. The lowest BCUT2D eigenvalue weighted by Gasteiger charge is -2.07. The predicted molar refractivity (Wildman–Crippen MR) is 122 cm³/mol. The SMILES string of the molecule is CC.CC(C)CCc1ncnc2c1nc(Cn1cccc(N)c1=O)n2PI. The van der Waals surface area contributed by atoms with Crippen molar-refractivity contribution in [3.63, 3.8) is 0 Å². The van der Waals surface area contributed by atoms with Gasteiger partial charge in [0.05, 0.1) is 24.3 Å². The van der Waals surface area contributed by atoms with E-state index < -0.39 is 0 Å². The number of pyridine rings is 1. The number of aryl methyl sites for hydroxylation is 1. The summed E-state index contributed by atoms with van der Waals surface area (Å²) in [4.78, 5) is 25.8. The van der Waals surface area contributed by atoms with Crippen LogP contribution in [0.1, 0.15) is 45.6 Å². The Balaban J connectivity index is 0.00000126. The van der Waals surface area contributed by atoms with Crippen LogP contribution in [0.4, 0.5) is 5.69 Å². The maximum Gasteiger partial charge on any atom is 0.274 e. The zero-order valence-electron chi connectivity index (χ0n) is 16.1. The summed E-state index contributed by atoms with van der Waals surface area (Å²) in [6.07, 6.45) is 5.68. The van der Waals surface area contributed by atoms with Crippen LogP contribution in [0.3, 0.4) is 0 Å². The van der Waals surface area contributed by atoms with Gasteiger partial charge < -0.3 is 10.3 Å². The van der Waals surface area contributed by atoms with Gasteiger partial charge in [0, 0.05) is 6.20 Å². The molecule has 0 aromatic carbocycles. The highest BCUT2D eigenvalue weighted by Gasteiger charge is 2.16. The van der Waals surface area contributed by atoms with Crippen LogP contribution in [0.5, 0.6) is 0 Å². The highest BCUT2D eigenvalue weighted by Crippen LogP contribution is 2.31. The van der Waals surface area contributed by atoms with Gasteiger partial charge in [-0.2, -0.15) is 0 Å². The Morgan fingerprint density at radius 3 is 2.70 bits per heavy atom. The number of hydrogen-bond acceptors (Lipinski definition) is 5. The van der Waals surface area contributed by atoms with Crippen LogP contribution < -0.4 is 11.3 Å². The molecule has 0 spiro atoms. The third-order valence-corrected chi connectivity index (χ3v) is 6.08. The Kier molecular flexibility index (Phi) is 8.16. The van der Waals surface area contributed by atoms with Crippen LogP contribution in [0.25, 0.3) is 11.2 Å².